The molecule has 0 unspecified atom stereocenters. The third-order valence-corrected chi connectivity index (χ3v) is 3.05. The van der Waals surface area contributed by atoms with Crippen molar-refractivity contribution in [1.82, 2.24) is 10.6 Å². The van der Waals surface area contributed by atoms with E-state index in [2.05, 4.69) is 10.6 Å². The first-order chi connectivity index (χ1) is 8.63. The zero-order valence-corrected chi connectivity index (χ0v) is 11.8. The topological polar surface area (TPSA) is 44.4 Å². The molecule has 0 aliphatic carbocycles. The van der Waals surface area contributed by atoms with Crippen LogP contribution in [0, 0.1) is 0 Å². The van der Waals surface area contributed by atoms with Gasteiger partial charge in [0.2, 0.25) is 5.91 Å². The molecule has 1 aromatic carbocycles. The molecule has 1 rings (SSSR count). The van der Waals surface area contributed by atoms with Crippen molar-refractivity contribution in [1.29, 1.82) is 0 Å². The lowest BCUT2D eigenvalue weighted by molar-refractivity contribution is -0.119. The monoisotopic (exact) mass is 269 g/mol. The highest BCUT2D eigenvalue weighted by Gasteiger charge is 2.15. The van der Waals surface area contributed by atoms with Crippen molar-refractivity contribution in [3.8, 4) is 0 Å². The predicted molar refractivity (Wildman–Crippen MR) is 76.2 cm³/mol. The third kappa shape index (κ3) is 3.62. The molecular weight excluding hydrogens is 250 g/mol. The molecule has 0 saturated heterocycles. The number of nitrogens with zero attached hydrogens (tertiary/aromatic N) is 1. The molecule has 0 spiro atoms. The first kappa shape index (κ1) is 14.8. The molecule has 1 amide bonds. The quantitative estimate of drug-likeness (QED) is 0.825. The number of nitrogens with one attached hydrogen (secondary N) is 2. The summed E-state index contributed by atoms with van der Waals surface area (Å²) in [6, 6.07) is 5.79. The minimum atomic E-state index is -0.0211. The van der Waals surface area contributed by atoms with E-state index >= 15 is 0 Å². The van der Waals surface area contributed by atoms with Crippen LogP contribution in [0.3, 0.4) is 0 Å². The van der Waals surface area contributed by atoms with Gasteiger partial charge in [-0.1, -0.05) is 23.7 Å². The van der Waals surface area contributed by atoms with Gasteiger partial charge in [0.25, 0.3) is 0 Å². The number of benzene rings is 1. The molecule has 0 aliphatic heterocycles. The smallest absolute Gasteiger partial charge is 0.239 e. The highest BCUT2D eigenvalue weighted by Crippen LogP contribution is 2.29. The van der Waals surface area contributed by atoms with Gasteiger partial charge in [0.1, 0.15) is 0 Å². The predicted octanol–water partition coefficient (Wildman–Crippen LogP) is 1.63. The Morgan fingerprint density at radius 3 is 2.67 bits per heavy atom. The highest BCUT2D eigenvalue weighted by atomic mass is 35.5. The Labute approximate surface area is 113 Å². The molecule has 0 saturated carbocycles. The summed E-state index contributed by atoms with van der Waals surface area (Å²) in [6.45, 7) is 3.77. The minimum Gasteiger partial charge on any atom is -0.361 e. The lowest BCUT2D eigenvalue weighted by atomic mass is 10.1. The van der Waals surface area contributed by atoms with E-state index in [1.165, 1.54) is 0 Å². The van der Waals surface area contributed by atoms with Gasteiger partial charge in [-0.25, -0.2) is 0 Å². The zero-order valence-electron chi connectivity index (χ0n) is 11.1. The van der Waals surface area contributed by atoms with Crippen molar-refractivity contribution in [3.05, 3.63) is 28.8 Å². The van der Waals surface area contributed by atoms with E-state index in [0.29, 0.717) is 11.6 Å². The van der Waals surface area contributed by atoms with Crippen LogP contribution in [0.25, 0.3) is 0 Å². The fourth-order valence-corrected chi connectivity index (χ4v) is 2.16. The molecule has 0 aromatic heterocycles. The van der Waals surface area contributed by atoms with Gasteiger partial charge in [-0.3, -0.25) is 4.79 Å². The summed E-state index contributed by atoms with van der Waals surface area (Å²) in [5.41, 5.74) is 2.02. The second-order valence-corrected chi connectivity index (χ2v) is 4.37. The van der Waals surface area contributed by atoms with Gasteiger partial charge in [-0.15, -0.1) is 0 Å². The van der Waals surface area contributed by atoms with Crippen LogP contribution in [-0.2, 0) is 11.3 Å². The molecule has 0 heterocycles. The fourth-order valence-electron chi connectivity index (χ4n) is 1.85. The average Bonchev–Trinajstić information content (AvgIpc) is 2.37. The van der Waals surface area contributed by atoms with Crippen LogP contribution in [0.1, 0.15) is 12.5 Å². The minimum absolute atomic E-state index is 0.0211. The van der Waals surface area contributed by atoms with Crippen molar-refractivity contribution >= 4 is 23.2 Å². The Bertz CT molecular complexity index is 409. The Hall–Kier alpha value is -1.26. The normalized spacial score (nSPS) is 10.2. The van der Waals surface area contributed by atoms with E-state index in [9.17, 15) is 4.79 Å². The lowest BCUT2D eigenvalue weighted by Crippen LogP contribution is -2.36. The Kier molecular flexibility index (Phi) is 5.95. The SMILES string of the molecule is CCN(CC(=O)NC)c1c(Cl)cccc1CNC. The number of hydrogen-bond acceptors (Lipinski definition) is 3. The maximum absolute atomic E-state index is 11.5. The molecule has 5 heteroatoms. The summed E-state index contributed by atoms with van der Waals surface area (Å²) < 4.78 is 0. The summed E-state index contributed by atoms with van der Waals surface area (Å²) in [5.74, 6) is -0.0211. The average molecular weight is 270 g/mol. The van der Waals surface area contributed by atoms with Crippen LogP contribution in [0.2, 0.25) is 5.02 Å². The fraction of sp³-hybridized carbons (Fsp3) is 0.462. The molecular formula is C13H20ClN3O. The number of carbonyl (C=O) groups is 1. The molecule has 1 aromatic rings. The summed E-state index contributed by atoms with van der Waals surface area (Å²) in [5, 5.41) is 6.42. The molecule has 2 N–H and O–H groups in total. The first-order valence-corrected chi connectivity index (χ1v) is 6.39. The number of carbonyl (C=O) groups excluding carboxylic acids is 1. The van der Waals surface area contributed by atoms with E-state index in [4.69, 9.17) is 11.6 Å². The van der Waals surface area contributed by atoms with Gasteiger partial charge in [0.05, 0.1) is 17.3 Å². The van der Waals surface area contributed by atoms with Crippen molar-refractivity contribution in [2.45, 2.75) is 13.5 Å². The molecule has 0 fully saturated rings. The van der Waals surface area contributed by atoms with Gasteiger partial charge >= 0.3 is 0 Å². The van der Waals surface area contributed by atoms with Crippen LogP contribution < -0.4 is 15.5 Å². The van der Waals surface area contributed by atoms with Gasteiger partial charge in [0, 0.05) is 20.1 Å². The van der Waals surface area contributed by atoms with Crippen LogP contribution >= 0.6 is 11.6 Å². The van der Waals surface area contributed by atoms with Crippen molar-refractivity contribution in [3.63, 3.8) is 0 Å². The number of para-hydroxylation sites is 1. The Morgan fingerprint density at radius 1 is 1.39 bits per heavy atom. The van der Waals surface area contributed by atoms with Crippen LogP contribution in [-0.4, -0.2) is 33.1 Å². The summed E-state index contributed by atoms with van der Waals surface area (Å²) >= 11 is 6.26. The molecule has 0 atom stereocenters. The summed E-state index contributed by atoms with van der Waals surface area (Å²) in [6.07, 6.45) is 0. The number of hydrogen-bond donors (Lipinski definition) is 2. The largest absolute Gasteiger partial charge is 0.361 e. The van der Waals surface area contributed by atoms with Gasteiger partial charge in [0.15, 0.2) is 0 Å². The number of amides is 1. The van der Waals surface area contributed by atoms with Crippen molar-refractivity contribution in [2.75, 3.05) is 32.1 Å². The number of anilines is 1. The van der Waals surface area contributed by atoms with Crippen LogP contribution in [0.15, 0.2) is 18.2 Å². The van der Waals surface area contributed by atoms with Gasteiger partial charge < -0.3 is 15.5 Å². The van der Waals surface area contributed by atoms with E-state index in [1.807, 2.05) is 37.1 Å². The number of rotatable bonds is 6. The molecule has 100 valence electrons. The second kappa shape index (κ2) is 7.24. The second-order valence-electron chi connectivity index (χ2n) is 3.97. The lowest BCUT2D eigenvalue weighted by Gasteiger charge is -2.26. The van der Waals surface area contributed by atoms with E-state index in [0.717, 1.165) is 24.3 Å². The van der Waals surface area contributed by atoms with Crippen LogP contribution in [0.5, 0.6) is 0 Å². The van der Waals surface area contributed by atoms with Crippen molar-refractivity contribution < 1.29 is 4.79 Å². The molecule has 4 nitrogen and oxygen atoms in total. The Morgan fingerprint density at radius 2 is 2.11 bits per heavy atom. The summed E-state index contributed by atoms with van der Waals surface area (Å²) in [7, 11) is 3.52. The maximum atomic E-state index is 11.5. The molecule has 18 heavy (non-hydrogen) atoms. The summed E-state index contributed by atoms with van der Waals surface area (Å²) in [4.78, 5) is 13.5. The van der Waals surface area contributed by atoms with Crippen LogP contribution in [0.4, 0.5) is 5.69 Å². The van der Waals surface area contributed by atoms with Gasteiger partial charge in [-0.2, -0.15) is 0 Å². The standard InChI is InChI=1S/C13H20ClN3O/c1-4-17(9-12(18)16-3)13-10(8-15-2)6-5-7-11(13)14/h5-7,15H,4,8-9H2,1-3H3,(H,16,18). The van der Waals surface area contributed by atoms with E-state index in [1.54, 1.807) is 7.05 Å². The zero-order chi connectivity index (χ0) is 13.5. The highest BCUT2D eigenvalue weighted by molar-refractivity contribution is 6.33. The molecule has 0 aliphatic rings. The molecule has 0 bridgehead atoms. The Balaban J connectivity index is 3.06. The van der Waals surface area contributed by atoms with E-state index in [-0.39, 0.29) is 5.91 Å². The number of halogens is 1. The third-order valence-electron chi connectivity index (χ3n) is 2.75. The number of likely N-dealkylation sites (N-methyl/N-ethyl adjacent to an activating group) is 2. The first-order valence-electron chi connectivity index (χ1n) is 6.01. The van der Waals surface area contributed by atoms with Gasteiger partial charge in [-0.05, 0) is 25.6 Å². The molecule has 0 radical (unpaired) electrons. The van der Waals surface area contributed by atoms with Crippen molar-refractivity contribution in [2.24, 2.45) is 0 Å². The maximum Gasteiger partial charge on any atom is 0.239 e. The van der Waals surface area contributed by atoms with E-state index < -0.39 is 0 Å².